The summed E-state index contributed by atoms with van der Waals surface area (Å²) in [6.07, 6.45) is -0.776. The van der Waals surface area contributed by atoms with Crippen molar-refractivity contribution in [2.45, 2.75) is 18.4 Å². The lowest BCUT2D eigenvalue weighted by atomic mass is 9.98. The zero-order valence-corrected chi connectivity index (χ0v) is 18.5. The molecule has 0 unspecified atom stereocenters. The van der Waals surface area contributed by atoms with Gasteiger partial charge >= 0.3 is 12.1 Å². The third kappa shape index (κ3) is 4.56. The number of carbonyl (C=O) groups excluding carboxylic acids is 1. The predicted octanol–water partition coefficient (Wildman–Crippen LogP) is 4.96. The van der Waals surface area contributed by atoms with Crippen LogP contribution in [0.3, 0.4) is 0 Å². The number of carbonyl (C=O) groups is 2. The van der Waals surface area contributed by atoms with Crippen LogP contribution < -0.4 is 5.32 Å². The molecule has 1 amide bonds. The largest absolute Gasteiger partial charge is 0.480 e. The highest BCUT2D eigenvalue weighted by Gasteiger charge is 2.29. The topological polar surface area (TPSA) is 75.6 Å². The number of amides is 1. The Morgan fingerprint density at radius 1 is 1.03 bits per heavy atom. The molecule has 0 aromatic heterocycles. The molecule has 0 heterocycles. The second-order valence-electron chi connectivity index (χ2n) is 7.31. The Kier molecular flexibility index (Phi) is 6.22. The molecule has 1 atom stereocenters. The number of rotatable bonds is 6. The normalized spacial score (nSPS) is 13.2. The van der Waals surface area contributed by atoms with Crippen molar-refractivity contribution < 1.29 is 23.8 Å². The van der Waals surface area contributed by atoms with Gasteiger partial charge in [-0.2, -0.15) is 0 Å². The smallest absolute Gasteiger partial charge is 0.407 e. The summed E-state index contributed by atoms with van der Waals surface area (Å²) in [5, 5.41) is 11.9. The second-order valence-corrected chi connectivity index (χ2v) is 8.48. The molecule has 5 nitrogen and oxygen atoms in total. The summed E-state index contributed by atoms with van der Waals surface area (Å²) in [5.74, 6) is -1.67. The third-order valence-electron chi connectivity index (χ3n) is 5.36. The molecular weight excluding hydrogens is 512 g/mol. The van der Waals surface area contributed by atoms with Crippen LogP contribution in [0, 0.1) is 9.39 Å². The van der Waals surface area contributed by atoms with E-state index in [1.165, 1.54) is 12.1 Å². The van der Waals surface area contributed by atoms with Crippen LogP contribution in [0.5, 0.6) is 0 Å². The van der Waals surface area contributed by atoms with Gasteiger partial charge in [-0.3, -0.25) is 0 Å². The van der Waals surface area contributed by atoms with Crippen LogP contribution in [0.4, 0.5) is 9.18 Å². The van der Waals surface area contributed by atoms with E-state index in [1.807, 2.05) is 71.1 Å². The van der Waals surface area contributed by atoms with Crippen LogP contribution in [-0.2, 0) is 16.0 Å². The van der Waals surface area contributed by atoms with E-state index in [4.69, 9.17) is 4.74 Å². The molecule has 0 bridgehead atoms. The molecular formula is C24H19FINO4. The van der Waals surface area contributed by atoms with E-state index in [1.54, 1.807) is 6.07 Å². The van der Waals surface area contributed by atoms with E-state index in [0.717, 1.165) is 22.3 Å². The fourth-order valence-corrected chi connectivity index (χ4v) is 4.46. The van der Waals surface area contributed by atoms with Gasteiger partial charge in [0.05, 0.1) is 0 Å². The number of carboxylic acids is 1. The van der Waals surface area contributed by atoms with E-state index in [2.05, 4.69) is 5.32 Å². The summed E-state index contributed by atoms with van der Waals surface area (Å²) in [6, 6.07) is 19.1. The van der Waals surface area contributed by atoms with E-state index >= 15 is 0 Å². The molecule has 1 aliphatic carbocycles. The summed E-state index contributed by atoms with van der Waals surface area (Å²) in [4.78, 5) is 24.0. The van der Waals surface area contributed by atoms with E-state index in [9.17, 15) is 19.1 Å². The van der Waals surface area contributed by atoms with E-state index < -0.39 is 18.1 Å². The fraction of sp³-hybridized carbons (Fsp3) is 0.167. The fourth-order valence-electron chi connectivity index (χ4n) is 3.88. The monoisotopic (exact) mass is 531 g/mol. The van der Waals surface area contributed by atoms with Gasteiger partial charge in [-0.1, -0.05) is 54.6 Å². The van der Waals surface area contributed by atoms with Gasteiger partial charge in [0.15, 0.2) is 0 Å². The zero-order chi connectivity index (χ0) is 22.0. The number of nitrogens with one attached hydrogen (secondary N) is 1. The van der Waals surface area contributed by atoms with Gasteiger partial charge in [0.25, 0.3) is 0 Å². The Morgan fingerprint density at radius 3 is 2.23 bits per heavy atom. The molecule has 0 saturated carbocycles. The van der Waals surface area contributed by atoms with Gasteiger partial charge in [0.2, 0.25) is 0 Å². The number of halogens is 2. The molecule has 158 valence electrons. The molecule has 0 spiro atoms. The summed E-state index contributed by atoms with van der Waals surface area (Å²) in [6.45, 7) is 0.0979. The Bertz CT molecular complexity index is 1100. The van der Waals surface area contributed by atoms with Gasteiger partial charge in [0, 0.05) is 15.9 Å². The lowest BCUT2D eigenvalue weighted by molar-refractivity contribution is -0.139. The molecule has 1 aliphatic rings. The first-order chi connectivity index (χ1) is 14.9. The molecule has 4 rings (SSSR count). The van der Waals surface area contributed by atoms with E-state index in [-0.39, 0.29) is 24.8 Å². The highest BCUT2D eigenvalue weighted by molar-refractivity contribution is 14.1. The predicted molar refractivity (Wildman–Crippen MR) is 122 cm³/mol. The maximum absolute atomic E-state index is 13.5. The summed E-state index contributed by atoms with van der Waals surface area (Å²) in [7, 11) is 0. The number of hydrogen-bond donors (Lipinski definition) is 2. The maximum Gasteiger partial charge on any atom is 0.407 e. The van der Waals surface area contributed by atoms with Crippen molar-refractivity contribution in [3.05, 3.63) is 92.8 Å². The number of ether oxygens (including phenoxy) is 1. The van der Waals surface area contributed by atoms with Crippen molar-refractivity contribution in [1.82, 2.24) is 5.32 Å². The van der Waals surface area contributed by atoms with Gasteiger partial charge in [-0.25, -0.2) is 14.0 Å². The minimum atomic E-state index is -1.19. The van der Waals surface area contributed by atoms with Crippen LogP contribution in [0.15, 0.2) is 66.7 Å². The summed E-state index contributed by atoms with van der Waals surface area (Å²) in [5.41, 5.74) is 4.99. The quantitative estimate of drug-likeness (QED) is 0.441. The Morgan fingerprint density at radius 2 is 1.65 bits per heavy atom. The highest BCUT2D eigenvalue weighted by Crippen LogP contribution is 2.44. The standard InChI is InChI=1S/C24H19FINO4/c25-20-10-9-14(11-21(20)26)12-22(23(28)29)27-24(30)31-13-19-17-7-3-1-5-15(17)16-6-2-4-8-18(16)19/h1-11,19,22H,12-13H2,(H,27,30)(H,28,29)/t22-/m0/s1. The number of aliphatic carboxylic acids is 1. The lowest BCUT2D eigenvalue weighted by Crippen LogP contribution is -2.42. The van der Waals surface area contributed by atoms with E-state index in [0.29, 0.717) is 9.13 Å². The van der Waals surface area contributed by atoms with Crippen molar-refractivity contribution in [2.75, 3.05) is 6.61 Å². The molecule has 0 fully saturated rings. The van der Waals surface area contributed by atoms with Crippen molar-refractivity contribution in [2.24, 2.45) is 0 Å². The van der Waals surface area contributed by atoms with Crippen LogP contribution >= 0.6 is 22.6 Å². The maximum atomic E-state index is 13.5. The number of carboxylic acid groups (broad SMARTS) is 1. The van der Waals surface area contributed by atoms with Gasteiger partial charge < -0.3 is 15.2 Å². The van der Waals surface area contributed by atoms with Crippen molar-refractivity contribution in [1.29, 1.82) is 0 Å². The number of alkyl carbamates (subject to hydrolysis) is 1. The number of hydrogen-bond acceptors (Lipinski definition) is 3. The first-order valence-electron chi connectivity index (χ1n) is 9.72. The first-order valence-corrected chi connectivity index (χ1v) is 10.8. The van der Waals surface area contributed by atoms with Crippen LogP contribution in [-0.4, -0.2) is 29.8 Å². The molecule has 0 aliphatic heterocycles. The summed E-state index contributed by atoms with van der Waals surface area (Å²) < 4.78 is 19.3. The second kappa shape index (κ2) is 9.05. The molecule has 7 heteroatoms. The average molecular weight is 531 g/mol. The van der Waals surface area contributed by atoms with Gasteiger partial charge in [0.1, 0.15) is 18.5 Å². The molecule has 3 aromatic rings. The molecule has 0 saturated heterocycles. The Labute approximate surface area is 192 Å². The van der Waals surface area contributed by atoms with Crippen LogP contribution in [0.25, 0.3) is 11.1 Å². The Balaban J connectivity index is 1.43. The SMILES string of the molecule is O=C(N[C@@H](Cc1ccc(F)c(I)c1)C(=O)O)OCC1c2ccccc2-c2ccccc21. The molecule has 3 aromatic carbocycles. The van der Waals surface area contributed by atoms with Crippen LogP contribution in [0.2, 0.25) is 0 Å². The molecule has 31 heavy (non-hydrogen) atoms. The van der Waals surface area contributed by atoms with Crippen molar-refractivity contribution in [3.63, 3.8) is 0 Å². The van der Waals surface area contributed by atoms with Crippen molar-refractivity contribution >= 4 is 34.7 Å². The van der Waals surface area contributed by atoms with Crippen LogP contribution in [0.1, 0.15) is 22.6 Å². The first kappa shape index (κ1) is 21.3. The highest BCUT2D eigenvalue weighted by atomic mass is 127. The van der Waals surface area contributed by atoms with Gasteiger partial charge in [-0.05, 0) is 62.5 Å². The average Bonchev–Trinajstić information content (AvgIpc) is 3.08. The van der Waals surface area contributed by atoms with Gasteiger partial charge in [-0.15, -0.1) is 0 Å². The minimum Gasteiger partial charge on any atom is -0.480 e. The van der Waals surface area contributed by atoms with Crippen molar-refractivity contribution in [3.8, 4) is 11.1 Å². The zero-order valence-electron chi connectivity index (χ0n) is 16.3. The lowest BCUT2D eigenvalue weighted by Gasteiger charge is -2.17. The summed E-state index contributed by atoms with van der Waals surface area (Å²) >= 11 is 1.84. The Hall–Kier alpha value is -2.94. The minimum absolute atomic E-state index is 0.0236. The number of benzene rings is 3. The molecule has 0 radical (unpaired) electrons. The number of fused-ring (bicyclic) bond motifs is 3. The molecule has 2 N–H and O–H groups in total. The third-order valence-corrected chi connectivity index (χ3v) is 6.18.